The van der Waals surface area contributed by atoms with E-state index in [1.807, 2.05) is 0 Å². The van der Waals surface area contributed by atoms with Crippen LogP contribution in [-0.2, 0) is 19.2 Å². The first kappa shape index (κ1) is 25.6. The summed E-state index contributed by atoms with van der Waals surface area (Å²) in [6.45, 7) is 4.08. The maximum absolute atomic E-state index is 12.2. The summed E-state index contributed by atoms with van der Waals surface area (Å²) in [7, 11) is 0. The van der Waals surface area contributed by atoms with Crippen LogP contribution in [0.25, 0.3) is 0 Å². The Labute approximate surface area is 177 Å². The Morgan fingerprint density at radius 3 is 2.27 bits per heavy atom. The summed E-state index contributed by atoms with van der Waals surface area (Å²) in [6, 6.07) is -2.70. The average molecular weight is 426 g/mol. The van der Waals surface area contributed by atoms with E-state index in [0.717, 1.165) is 25.7 Å². The van der Waals surface area contributed by atoms with Crippen molar-refractivity contribution in [1.82, 2.24) is 16.0 Å². The van der Waals surface area contributed by atoms with Gasteiger partial charge in [-0.05, 0) is 64.2 Å². The molecule has 1 rings (SSSR count). The lowest BCUT2D eigenvalue weighted by molar-refractivity contribution is -0.139. The zero-order chi connectivity index (χ0) is 22.5. The molecule has 0 aliphatic heterocycles. The molecule has 0 bridgehead atoms. The second-order valence-corrected chi connectivity index (χ2v) is 8.24. The predicted octanol–water partition coefficient (Wildman–Crippen LogP) is 1.79. The van der Waals surface area contributed by atoms with Gasteiger partial charge in [0.05, 0.1) is 6.04 Å². The molecule has 0 saturated heterocycles. The number of unbranched alkanes of at least 4 members (excludes halogenated alkanes) is 1. The third-order valence-electron chi connectivity index (χ3n) is 5.50. The smallest absolute Gasteiger partial charge is 0.326 e. The molecular weight excluding hydrogens is 390 g/mol. The quantitative estimate of drug-likeness (QED) is 0.262. The molecule has 0 heterocycles. The maximum Gasteiger partial charge on any atom is 0.326 e. The van der Waals surface area contributed by atoms with Crippen molar-refractivity contribution in [2.75, 3.05) is 6.54 Å². The lowest BCUT2D eigenvalue weighted by Gasteiger charge is -2.25. The van der Waals surface area contributed by atoms with E-state index in [1.165, 1.54) is 6.92 Å². The number of hydrogen-bond donors (Lipinski definition) is 4. The van der Waals surface area contributed by atoms with Crippen molar-refractivity contribution in [2.24, 2.45) is 11.8 Å². The molecule has 0 aromatic carbocycles. The Hall–Kier alpha value is -2.45. The number of aliphatic carboxylic acids is 1. The minimum Gasteiger partial charge on any atom is -0.480 e. The molecule has 3 amide bonds. The van der Waals surface area contributed by atoms with Gasteiger partial charge in [-0.15, -0.1) is 0 Å². The number of amides is 3. The van der Waals surface area contributed by atoms with Crippen molar-refractivity contribution in [3.8, 4) is 0 Å². The standard InChI is InChI=1S/C21H35N3O6/c1-14-6-9-16(10-7-14)19(27)22-12-4-3-5-17(13-25)23-21(30)24-18(20(28)29)11-8-15(2)26/h13-14,16-18H,3-12H2,1-2H3,(H,22,27)(H,28,29)(H2,23,24,30)/t14?,16?,17-,18?/m0/s1. The number of carbonyl (C=O) groups is 5. The van der Waals surface area contributed by atoms with Crippen molar-refractivity contribution < 1.29 is 29.1 Å². The molecule has 1 aliphatic carbocycles. The Bertz CT molecular complexity index is 602. The van der Waals surface area contributed by atoms with Gasteiger partial charge in [-0.2, -0.15) is 0 Å². The van der Waals surface area contributed by atoms with Crippen LogP contribution in [0.1, 0.15) is 71.6 Å². The summed E-state index contributed by atoms with van der Waals surface area (Å²) in [4.78, 5) is 57.5. The van der Waals surface area contributed by atoms with Crippen LogP contribution in [0.3, 0.4) is 0 Å². The minimum absolute atomic E-state index is 0.0105. The third-order valence-corrected chi connectivity index (χ3v) is 5.50. The van der Waals surface area contributed by atoms with Crippen LogP contribution >= 0.6 is 0 Å². The number of rotatable bonds is 13. The highest BCUT2D eigenvalue weighted by molar-refractivity contribution is 5.84. The molecule has 1 unspecified atom stereocenters. The maximum atomic E-state index is 12.2. The van der Waals surface area contributed by atoms with E-state index in [4.69, 9.17) is 5.11 Å². The van der Waals surface area contributed by atoms with Crippen molar-refractivity contribution in [2.45, 2.75) is 83.7 Å². The summed E-state index contributed by atoms with van der Waals surface area (Å²) in [5.41, 5.74) is 0. The largest absolute Gasteiger partial charge is 0.480 e. The molecule has 0 radical (unpaired) electrons. The number of urea groups is 1. The van der Waals surface area contributed by atoms with Crippen molar-refractivity contribution in [1.29, 1.82) is 0 Å². The van der Waals surface area contributed by atoms with Gasteiger partial charge in [0, 0.05) is 18.9 Å². The van der Waals surface area contributed by atoms with Gasteiger partial charge in [-0.1, -0.05) is 6.92 Å². The first-order valence-corrected chi connectivity index (χ1v) is 10.7. The summed E-state index contributed by atoms with van der Waals surface area (Å²) in [6.07, 6.45) is 6.37. The van der Waals surface area contributed by atoms with Gasteiger partial charge < -0.3 is 30.6 Å². The monoisotopic (exact) mass is 425 g/mol. The topological polar surface area (TPSA) is 142 Å². The van der Waals surface area contributed by atoms with Gasteiger partial charge in [0.2, 0.25) is 5.91 Å². The van der Waals surface area contributed by atoms with Crippen LogP contribution in [0, 0.1) is 11.8 Å². The number of carboxylic acid groups (broad SMARTS) is 1. The highest BCUT2D eigenvalue weighted by Crippen LogP contribution is 2.28. The molecule has 1 fully saturated rings. The van der Waals surface area contributed by atoms with Crippen molar-refractivity contribution in [3.05, 3.63) is 0 Å². The lowest BCUT2D eigenvalue weighted by Crippen LogP contribution is -2.49. The molecule has 4 N–H and O–H groups in total. The number of ketones is 1. The lowest BCUT2D eigenvalue weighted by atomic mass is 9.82. The number of aldehydes is 1. The zero-order valence-electron chi connectivity index (χ0n) is 17.9. The molecule has 2 atom stereocenters. The highest BCUT2D eigenvalue weighted by Gasteiger charge is 2.24. The van der Waals surface area contributed by atoms with Gasteiger partial charge in [0.25, 0.3) is 0 Å². The SMILES string of the molecule is CC(=O)CCC(NC(=O)N[C@H](C=O)CCCCNC(=O)C1CCC(C)CC1)C(=O)O. The summed E-state index contributed by atoms with van der Waals surface area (Å²) < 4.78 is 0. The zero-order valence-corrected chi connectivity index (χ0v) is 17.9. The van der Waals surface area contributed by atoms with Gasteiger partial charge in [-0.25, -0.2) is 9.59 Å². The van der Waals surface area contributed by atoms with Crippen LogP contribution in [-0.4, -0.2) is 53.7 Å². The van der Waals surface area contributed by atoms with E-state index < -0.39 is 24.1 Å². The Kier molecular flexibility index (Phi) is 11.7. The molecule has 0 spiro atoms. The average Bonchev–Trinajstić information content (AvgIpc) is 2.69. The van der Waals surface area contributed by atoms with Crippen molar-refractivity contribution in [3.63, 3.8) is 0 Å². The van der Waals surface area contributed by atoms with Crippen LogP contribution in [0.4, 0.5) is 4.79 Å². The summed E-state index contributed by atoms with van der Waals surface area (Å²) in [5.74, 6) is -0.522. The third kappa shape index (κ3) is 10.4. The molecular formula is C21H35N3O6. The Morgan fingerprint density at radius 2 is 1.70 bits per heavy atom. The summed E-state index contributed by atoms with van der Waals surface area (Å²) in [5, 5.41) is 16.8. The molecule has 0 aromatic heterocycles. The first-order valence-electron chi connectivity index (χ1n) is 10.7. The minimum atomic E-state index is -1.24. The van der Waals surface area contributed by atoms with Gasteiger partial charge in [-0.3, -0.25) is 4.79 Å². The fourth-order valence-corrected chi connectivity index (χ4v) is 3.51. The molecule has 170 valence electrons. The molecule has 9 nitrogen and oxygen atoms in total. The number of hydrogen-bond acceptors (Lipinski definition) is 5. The fourth-order valence-electron chi connectivity index (χ4n) is 3.51. The predicted molar refractivity (Wildman–Crippen MR) is 111 cm³/mol. The van der Waals surface area contributed by atoms with E-state index in [9.17, 15) is 24.0 Å². The first-order chi connectivity index (χ1) is 14.2. The Balaban J connectivity index is 2.25. The van der Waals surface area contributed by atoms with E-state index >= 15 is 0 Å². The van der Waals surface area contributed by atoms with Gasteiger partial charge >= 0.3 is 12.0 Å². The molecule has 30 heavy (non-hydrogen) atoms. The molecule has 1 aliphatic rings. The molecule has 1 saturated carbocycles. The second kappa shape index (κ2) is 13.7. The van der Waals surface area contributed by atoms with E-state index in [-0.39, 0.29) is 30.4 Å². The number of Topliss-reactive ketones (excluding diaryl/α,β-unsaturated/α-hetero) is 1. The number of carbonyl (C=O) groups excluding carboxylic acids is 4. The van der Waals surface area contributed by atoms with Crippen LogP contribution in [0.2, 0.25) is 0 Å². The molecule has 9 heteroatoms. The number of carboxylic acids is 1. The second-order valence-electron chi connectivity index (χ2n) is 8.24. The van der Waals surface area contributed by atoms with Gasteiger partial charge in [0.15, 0.2) is 0 Å². The van der Waals surface area contributed by atoms with Gasteiger partial charge in [0.1, 0.15) is 18.1 Å². The van der Waals surface area contributed by atoms with Crippen molar-refractivity contribution >= 4 is 30.0 Å². The van der Waals surface area contributed by atoms with Crippen LogP contribution < -0.4 is 16.0 Å². The normalized spacial score (nSPS) is 20.5. The fraction of sp³-hybridized carbons (Fsp3) is 0.762. The van der Waals surface area contributed by atoms with E-state index in [1.54, 1.807) is 0 Å². The molecule has 0 aromatic rings. The summed E-state index contributed by atoms with van der Waals surface area (Å²) >= 11 is 0. The number of nitrogens with one attached hydrogen (secondary N) is 3. The Morgan fingerprint density at radius 1 is 1.03 bits per heavy atom. The van der Waals surface area contributed by atoms with Crippen LogP contribution in [0.5, 0.6) is 0 Å². The van der Waals surface area contributed by atoms with Crippen LogP contribution in [0.15, 0.2) is 0 Å². The van der Waals surface area contributed by atoms with E-state index in [0.29, 0.717) is 38.0 Å². The van der Waals surface area contributed by atoms with E-state index in [2.05, 4.69) is 22.9 Å². The highest BCUT2D eigenvalue weighted by atomic mass is 16.4.